The van der Waals surface area contributed by atoms with Gasteiger partial charge in [-0.2, -0.15) is 0 Å². The molecule has 3 amide bonds. The molecule has 7 nitrogen and oxygen atoms in total. The molecule has 7 heteroatoms. The molecule has 182 valence electrons. The van der Waals surface area contributed by atoms with Crippen molar-refractivity contribution < 1.29 is 14.4 Å². The van der Waals surface area contributed by atoms with Gasteiger partial charge in [-0.05, 0) is 67.6 Å². The van der Waals surface area contributed by atoms with E-state index < -0.39 is 0 Å². The zero-order valence-corrected chi connectivity index (χ0v) is 20.5. The number of aryl methyl sites for hydroxylation is 2. The molecule has 35 heavy (non-hydrogen) atoms. The van der Waals surface area contributed by atoms with Gasteiger partial charge in [0, 0.05) is 31.3 Å². The molecule has 0 saturated heterocycles. The van der Waals surface area contributed by atoms with Crippen LogP contribution in [0.25, 0.3) is 0 Å². The minimum absolute atomic E-state index is 0.00849. The topological polar surface area (TPSA) is 91.4 Å². The Bertz CT molecular complexity index is 1180. The molecule has 0 fully saturated rings. The Hall–Kier alpha value is -4.00. The first-order valence-electron chi connectivity index (χ1n) is 11.7. The molecule has 2 N–H and O–H groups in total. The summed E-state index contributed by atoms with van der Waals surface area (Å²) >= 11 is 0. The van der Waals surface area contributed by atoms with E-state index in [0.29, 0.717) is 24.5 Å². The van der Waals surface area contributed by atoms with Crippen molar-refractivity contribution in [2.24, 2.45) is 0 Å². The second kappa shape index (κ2) is 12.5. The average Bonchev–Trinajstić information content (AvgIpc) is 2.84. The zero-order valence-electron chi connectivity index (χ0n) is 20.5. The lowest BCUT2D eigenvalue weighted by Gasteiger charge is -2.25. The van der Waals surface area contributed by atoms with Crippen LogP contribution in [0.1, 0.15) is 35.1 Å². The minimum Gasteiger partial charge on any atom is -0.354 e. The van der Waals surface area contributed by atoms with E-state index in [9.17, 15) is 14.4 Å². The first kappa shape index (κ1) is 25.6. The van der Waals surface area contributed by atoms with Crippen molar-refractivity contribution in [2.45, 2.75) is 40.0 Å². The van der Waals surface area contributed by atoms with Crippen LogP contribution in [0.4, 0.5) is 11.5 Å². The summed E-state index contributed by atoms with van der Waals surface area (Å²) in [5.41, 5.74) is 4.73. The number of benzene rings is 2. The van der Waals surface area contributed by atoms with Crippen LogP contribution in [-0.4, -0.2) is 35.8 Å². The lowest BCUT2D eigenvalue weighted by molar-refractivity contribution is -0.125. The number of nitrogens with one attached hydrogen (secondary N) is 2. The van der Waals surface area contributed by atoms with Gasteiger partial charge in [-0.1, -0.05) is 42.5 Å². The molecule has 0 spiro atoms. The standard InChI is InChI=1S/C28H32N4O3/c1-20-14-16-29-25(18-20)31-26(33)12-13-28(35)32(24-11-7-8-21(2)22(24)3)19-27(34)30-17-15-23-9-5-4-6-10-23/h4-11,14,16,18H,12-13,15,17,19H2,1-3H3,(H,30,34)(H,29,31,33). The number of carbonyl (C=O) groups excluding carboxylic acids is 3. The van der Waals surface area contributed by atoms with Gasteiger partial charge in [0.2, 0.25) is 17.7 Å². The molecule has 0 aliphatic rings. The number of carbonyl (C=O) groups is 3. The van der Waals surface area contributed by atoms with Crippen molar-refractivity contribution in [3.8, 4) is 0 Å². The fourth-order valence-electron chi connectivity index (χ4n) is 3.69. The van der Waals surface area contributed by atoms with Crippen LogP contribution >= 0.6 is 0 Å². The SMILES string of the molecule is Cc1ccnc(NC(=O)CCC(=O)N(CC(=O)NCCc2ccccc2)c2cccc(C)c2C)c1. The van der Waals surface area contributed by atoms with Gasteiger partial charge in [0.1, 0.15) is 12.4 Å². The first-order chi connectivity index (χ1) is 16.8. The van der Waals surface area contributed by atoms with Crippen molar-refractivity contribution >= 4 is 29.2 Å². The van der Waals surface area contributed by atoms with Crippen molar-refractivity contribution in [1.82, 2.24) is 10.3 Å². The number of aromatic nitrogens is 1. The number of hydrogen-bond donors (Lipinski definition) is 2. The van der Waals surface area contributed by atoms with E-state index in [1.807, 2.05) is 75.4 Å². The van der Waals surface area contributed by atoms with E-state index in [1.54, 1.807) is 12.3 Å². The number of anilines is 2. The Morgan fingerprint density at radius 3 is 2.40 bits per heavy atom. The maximum atomic E-state index is 13.2. The molecule has 0 aliphatic heterocycles. The van der Waals surface area contributed by atoms with Gasteiger partial charge in [0.25, 0.3) is 0 Å². The van der Waals surface area contributed by atoms with Crippen molar-refractivity contribution in [3.63, 3.8) is 0 Å². The van der Waals surface area contributed by atoms with Crippen molar-refractivity contribution in [1.29, 1.82) is 0 Å². The highest BCUT2D eigenvalue weighted by atomic mass is 16.2. The monoisotopic (exact) mass is 472 g/mol. The van der Waals surface area contributed by atoms with Crippen LogP contribution in [0.3, 0.4) is 0 Å². The molecule has 0 radical (unpaired) electrons. The third-order valence-electron chi connectivity index (χ3n) is 5.80. The molecular formula is C28H32N4O3. The summed E-state index contributed by atoms with van der Waals surface area (Å²) in [5.74, 6) is -0.385. The van der Waals surface area contributed by atoms with Crippen LogP contribution < -0.4 is 15.5 Å². The van der Waals surface area contributed by atoms with E-state index in [0.717, 1.165) is 22.3 Å². The van der Waals surface area contributed by atoms with Crippen LogP contribution in [0.15, 0.2) is 66.9 Å². The molecule has 0 atom stereocenters. The average molecular weight is 473 g/mol. The number of amides is 3. The van der Waals surface area contributed by atoms with Gasteiger partial charge in [-0.3, -0.25) is 14.4 Å². The summed E-state index contributed by atoms with van der Waals surface area (Å²) in [5, 5.41) is 5.62. The number of nitrogens with zero attached hydrogens (tertiary/aromatic N) is 2. The Morgan fingerprint density at radius 1 is 0.886 bits per heavy atom. The first-order valence-corrected chi connectivity index (χ1v) is 11.7. The lowest BCUT2D eigenvalue weighted by atomic mass is 10.1. The van der Waals surface area contributed by atoms with E-state index in [-0.39, 0.29) is 37.1 Å². The summed E-state index contributed by atoms with van der Waals surface area (Å²) in [6, 6.07) is 19.2. The fraction of sp³-hybridized carbons (Fsp3) is 0.286. The molecule has 1 heterocycles. The molecule has 2 aromatic carbocycles. The summed E-state index contributed by atoms with van der Waals surface area (Å²) < 4.78 is 0. The van der Waals surface area contributed by atoms with Gasteiger partial charge in [0.15, 0.2) is 0 Å². The number of hydrogen-bond acceptors (Lipinski definition) is 4. The Kier molecular flexibility index (Phi) is 9.12. The van der Waals surface area contributed by atoms with E-state index in [1.165, 1.54) is 4.90 Å². The van der Waals surface area contributed by atoms with Crippen molar-refractivity contribution in [3.05, 3.63) is 89.1 Å². The summed E-state index contributed by atoms with van der Waals surface area (Å²) in [6.45, 7) is 6.16. The predicted molar refractivity (Wildman–Crippen MR) is 138 cm³/mol. The molecular weight excluding hydrogens is 440 g/mol. The second-order valence-corrected chi connectivity index (χ2v) is 8.55. The van der Waals surface area contributed by atoms with Gasteiger partial charge in [-0.25, -0.2) is 4.98 Å². The third-order valence-corrected chi connectivity index (χ3v) is 5.80. The molecule has 0 unspecified atom stereocenters. The van der Waals surface area contributed by atoms with Gasteiger partial charge in [-0.15, -0.1) is 0 Å². The molecule has 0 saturated carbocycles. The predicted octanol–water partition coefficient (Wildman–Crippen LogP) is 4.12. The van der Waals surface area contributed by atoms with E-state index >= 15 is 0 Å². The molecule has 1 aromatic heterocycles. The highest BCUT2D eigenvalue weighted by Gasteiger charge is 2.22. The Morgan fingerprint density at radius 2 is 1.66 bits per heavy atom. The second-order valence-electron chi connectivity index (χ2n) is 8.55. The lowest BCUT2D eigenvalue weighted by Crippen LogP contribution is -2.42. The maximum Gasteiger partial charge on any atom is 0.240 e. The number of pyridine rings is 1. The summed E-state index contributed by atoms with van der Waals surface area (Å²) in [4.78, 5) is 43.9. The van der Waals surface area contributed by atoms with Crippen LogP contribution in [-0.2, 0) is 20.8 Å². The van der Waals surface area contributed by atoms with E-state index in [2.05, 4.69) is 15.6 Å². The van der Waals surface area contributed by atoms with Crippen LogP contribution in [0.5, 0.6) is 0 Å². The minimum atomic E-state index is -0.301. The third kappa shape index (κ3) is 7.78. The summed E-state index contributed by atoms with van der Waals surface area (Å²) in [6.07, 6.45) is 2.29. The van der Waals surface area contributed by atoms with Crippen LogP contribution in [0, 0.1) is 20.8 Å². The summed E-state index contributed by atoms with van der Waals surface area (Å²) in [7, 11) is 0. The van der Waals surface area contributed by atoms with E-state index in [4.69, 9.17) is 0 Å². The molecule has 3 rings (SSSR count). The van der Waals surface area contributed by atoms with Gasteiger partial charge in [0.05, 0.1) is 0 Å². The fourth-order valence-corrected chi connectivity index (χ4v) is 3.69. The quantitative estimate of drug-likeness (QED) is 0.464. The smallest absolute Gasteiger partial charge is 0.240 e. The normalized spacial score (nSPS) is 10.5. The Labute approximate surface area is 206 Å². The molecule has 0 bridgehead atoms. The molecule has 0 aliphatic carbocycles. The maximum absolute atomic E-state index is 13.2. The number of rotatable bonds is 10. The Balaban J connectivity index is 1.63. The van der Waals surface area contributed by atoms with Crippen molar-refractivity contribution in [2.75, 3.05) is 23.3 Å². The highest BCUT2D eigenvalue weighted by molar-refractivity contribution is 6.01. The molecule has 3 aromatic rings. The highest BCUT2D eigenvalue weighted by Crippen LogP contribution is 2.24. The zero-order chi connectivity index (χ0) is 25.2. The van der Waals surface area contributed by atoms with Crippen LogP contribution in [0.2, 0.25) is 0 Å². The van der Waals surface area contributed by atoms with Gasteiger partial charge >= 0.3 is 0 Å². The largest absolute Gasteiger partial charge is 0.354 e. The van der Waals surface area contributed by atoms with Gasteiger partial charge < -0.3 is 15.5 Å².